The largest absolute Gasteiger partial charge is 0.479 e. The Morgan fingerprint density at radius 1 is 1.03 bits per heavy atom. The molecule has 11 heteroatoms. The van der Waals surface area contributed by atoms with Crippen LogP contribution in [0.4, 0.5) is 5.69 Å². The maximum absolute atomic E-state index is 11.3. The van der Waals surface area contributed by atoms with Crippen molar-refractivity contribution in [3.8, 4) is 0 Å². The molecule has 1 aromatic rings. The molecule has 5 atom stereocenters. The van der Waals surface area contributed by atoms with E-state index in [9.17, 15) is 25.2 Å². The van der Waals surface area contributed by atoms with Gasteiger partial charge >= 0.3 is 5.97 Å². The lowest BCUT2D eigenvalue weighted by molar-refractivity contribution is -0.321. The topological polar surface area (TPSA) is 123 Å². The monoisotopic (exact) mass is 480 g/mol. The number of hydrogen-bond acceptors (Lipinski definition) is 8. The Morgan fingerprint density at radius 2 is 1.65 bits per heavy atom. The normalized spacial score (nSPS) is 26.2. The molecular formula is C20H30Cl2N2O7. The molecule has 1 heterocycles. The Hall–Kier alpha value is -1.17. The van der Waals surface area contributed by atoms with E-state index >= 15 is 0 Å². The number of carboxylic acids is 1. The third-order valence-electron chi connectivity index (χ3n) is 5.20. The van der Waals surface area contributed by atoms with Crippen molar-refractivity contribution in [2.24, 2.45) is 0 Å². The minimum Gasteiger partial charge on any atom is -0.479 e. The van der Waals surface area contributed by atoms with Crippen LogP contribution in [0.5, 0.6) is 0 Å². The average molecular weight is 481 g/mol. The Bertz CT molecular complexity index is 676. The molecule has 0 radical (unpaired) electrons. The van der Waals surface area contributed by atoms with Gasteiger partial charge in [-0.2, -0.15) is 5.06 Å². The van der Waals surface area contributed by atoms with Crippen molar-refractivity contribution in [3.63, 3.8) is 0 Å². The third kappa shape index (κ3) is 6.90. The van der Waals surface area contributed by atoms with E-state index in [0.717, 1.165) is 11.3 Å². The second-order valence-electron chi connectivity index (χ2n) is 7.22. The number of alkyl halides is 2. The van der Waals surface area contributed by atoms with Crippen LogP contribution >= 0.6 is 23.2 Å². The molecule has 0 aliphatic carbocycles. The fourth-order valence-electron chi connectivity index (χ4n) is 3.51. The summed E-state index contributed by atoms with van der Waals surface area (Å²) in [4.78, 5) is 18.6. The van der Waals surface area contributed by atoms with E-state index in [0.29, 0.717) is 44.2 Å². The number of nitrogens with zero attached hydrogens (tertiary/aromatic N) is 2. The molecule has 2 rings (SSSR count). The first-order chi connectivity index (χ1) is 14.8. The van der Waals surface area contributed by atoms with Crippen LogP contribution in [-0.2, 0) is 20.8 Å². The minimum absolute atomic E-state index is 0.305. The lowest BCUT2D eigenvalue weighted by Crippen LogP contribution is -2.64. The first kappa shape index (κ1) is 26.1. The summed E-state index contributed by atoms with van der Waals surface area (Å²) >= 11 is 11.7. The quantitative estimate of drug-likeness (QED) is 0.252. The standard InChI is InChI=1S/C20H30Cl2N2O7/c1-30-24(19-17(27)15(25)16(26)18(31-19)20(28)29)10-2-3-13-4-6-14(7-5-13)23(11-8-21)12-9-22/h4-7,15-19,25-27H,2-3,8-12H2,1H3,(H,28,29)/t15-,16-,17+,18-,19+/m0/s1. The Labute approximate surface area is 191 Å². The molecule has 1 saturated heterocycles. The molecular weight excluding hydrogens is 451 g/mol. The summed E-state index contributed by atoms with van der Waals surface area (Å²) in [6.07, 6.45) is -6.53. The van der Waals surface area contributed by atoms with Crippen molar-refractivity contribution in [2.75, 3.05) is 43.4 Å². The average Bonchev–Trinajstić information content (AvgIpc) is 2.76. The zero-order chi connectivity index (χ0) is 23.0. The lowest BCUT2D eigenvalue weighted by atomic mass is 9.98. The van der Waals surface area contributed by atoms with E-state index < -0.39 is 36.6 Å². The van der Waals surface area contributed by atoms with Gasteiger partial charge < -0.3 is 30.1 Å². The molecule has 0 spiro atoms. The van der Waals surface area contributed by atoms with Crippen LogP contribution in [0, 0.1) is 0 Å². The van der Waals surface area contributed by atoms with Gasteiger partial charge in [-0.3, -0.25) is 4.84 Å². The second kappa shape index (κ2) is 12.8. The SMILES string of the molecule is CON(CCCc1ccc(N(CCCl)CCCl)cc1)[C@@H]1O[C@H](C(=O)O)[C@@H](O)[C@H](O)[C@H]1O. The number of aliphatic hydroxyl groups is 3. The number of rotatable bonds is 12. The summed E-state index contributed by atoms with van der Waals surface area (Å²) in [6, 6.07) is 8.03. The number of hydroxylamine groups is 2. The highest BCUT2D eigenvalue weighted by Gasteiger charge is 2.49. The van der Waals surface area contributed by atoms with Crippen LogP contribution in [-0.4, -0.2) is 101 Å². The van der Waals surface area contributed by atoms with Crippen LogP contribution in [0.3, 0.4) is 0 Å². The summed E-state index contributed by atoms with van der Waals surface area (Å²) < 4.78 is 5.30. The lowest BCUT2D eigenvalue weighted by Gasteiger charge is -2.42. The van der Waals surface area contributed by atoms with Crippen LogP contribution in [0.1, 0.15) is 12.0 Å². The van der Waals surface area contributed by atoms with Crippen LogP contribution in [0.2, 0.25) is 0 Å². The number of aryl methyl sites for hydroxylation is 1. The van der Waals surface area contributed by atoms with Gasteiger partial charge in [0.2, 0.25) is 0 Å². The smallest absolute Gasteiger partial charge is 0.335 e. The van der Waals surface area contributed by atoms with Crippen molar-refractivity contribution in [1.29, 1.82) is 0 Å². The van der Waals surface area contributed by atoms with Crippen molar-refractivity contribution in [1.82, 2.24) is 5.06 Å². The molecule has 1 aliphatic rings. The van der Waals surface area contributed by atoms with E-state index in [2.05, 4.69) is 4.90 Å². The Kier molecular flexibility index (Phi) is 10.7. The number of aliphatic carboxylic acids is 1. The molecule has 0 aromatic heterocycles. The molecule has 1 fully saturated rings. The Morgan fingerprint density at radius 3 is 2.16 bits per heavy atom. The molecule has 0 bridgehead atoms. The number of benzene rings is 1. The zero-order valence-corrected chi connectivity index (χ0v) is 18.8. The van der Waals surface area contributed by atoms with Gasteiger partial charge in [-0.15, -0.1) is 23.2 Å². The molecule has 0 unspecified atom stereocenters. The highest BCUT2D eigenvalue weighted by atomic mass is 35.5. The van der Waals surface area contributed by atoms with Gasteiger partial charge in [0.25, 0.3) is 0 Å². The van der Waals surface area contributed by atoms with Gasteiger partial charge in [0.15, 0.2) is 12.3 Å². The van der Waals surface area contributed by atoms with E-state index in [1.165, 1.54) is 12.2 Å². The van der Waals surface area contributed by atoms with E-state index in [4.69, 9.17) is 32.8 Å². The first-order valence-corrected chi connectivity index (χ1v) is 11.1. The maximum atomic E-state index is 11.3. The maximum Gasteiger partial charge on any atom is 0.335 e. The van der Waals surface area contributed by atoms with E-state index in [1.54, 1.807) is 0 Å². The molecule has 1 aromatic carbocycles. The number of hydrogen-bond donors (Lipinski definition) is 4. The number of anilines is 1. The summed E-state index contributed by atoms with van der Waals surface area (Å²) in [5.41, 5.74) is 2.12. The van der Waals surface area contributed by atoms with E-state index in [1.807, 2.05) is 24.3 Å². The fraction of sp³-hybridized carbons (Fsp3) is 0.650. The van der Waals surface area contributed by atoms with E-state index in [-0.39, 0.29) is 0 Å². The summed E-state index contributed by atoms with van der Waals surface area (Å²) in [5.74, 6) is -0.415. The predicted molar refractivity (Wildman–Crippen MR) is 116 cm³/mol. The molecule has 0 amide bonds. The van der Waals surface area contributed by atoms with Gasteiger partial charge in [-0.25, -0.2) is 4.79 Å². The number of carboxylic acid groups (broad SMARTS) is 1. The summed E-state index contributed by atoms with van der Waals surface area (Å²) in [7, 11) is 1.36. The fourth-order valence-corrected chi connectivity index (χ4v) is 3.92. The van der Waals surface area contributed by atoms with Crippen LogP contribution < -0.4 is 4.90 Å². The van der Waals surface area contributed by atoms with Gasteiger partial charge in [0.1, 0.15) is 18.3 Å². The van der Waals surface area contributed by atoms with Gasteiger partial charge in [0.05, 0.1) is 7.11 Å². The third-order valence-corrected chi connectivity index (χ3v) is 5.54. The van der Waals surface area contributed by atoms with Gasteiger partial charge in [0, 0.05) is 37.1 Å². The van der Waals surface area contributed by atoms with Gasteiger partial charge in [-0.1, -0.05) is 12.1 Å². The van der Waals surface area contributed by atoms with Crippen molar-refractivity contribution in [2.45, 2.75) is 43.5 Å². The number of aliphatic hydroxyl groups excluding tert-OH is 3. The zero-order valence-electron chi connectivity index (χ0n) is 17.3. The molecule has 0 saturated carbocycles. The highest BCUT2D eigenvalue weighted by molar-refractivity contribution is 6.18. The minimum atomic E-state index is -1.74. The molecule has 1 aliphatic heterocycles. The van der Waals surface area contributed by atoms with Crippen LogP contribution in [0.15, 0.2) is 24.3 Å². The molecule has 176 valence electrons. The summed E-state index contributed by atoms with van der Waals surface area (Å²) in [6.45, 7) is 1.72. The van der Waals surface area contributed by atoms with Gasteiger partial charge in [-0.05, 0) is 30.5 Å². The second-order valence-corrected chi connectivity index (χ2v) is 7.97. The van der Waals surface area contributed by atoms with Crippen LogP contribution in [0.25, 0.3) is 0 Å². The first-order valence-electron chi connectivity index (χ1n) is 10.0. The van der Waals surface area contributed by atoms with Crippen molar-refractivity contribution in [3.05, 3.63) is 29.8 Å². The number of ether oxygens (including phenoxy) is 1. The molecule has 9 nitrogen and oxygen atoms in total. The highest BCUT2D eigenvalue weighted by Crippen LogP contribution is 2.24. The Balaban J connectivity index is 1.94. The summed E-state index contributed by atoms with van der Waals surface area (Å²) in [5, 5.41) is 40.5. The molecule has 4 N–H and O–H groups in total. The molecule has 31 heavy (non-hydrogen) atoms. The number of halogens is 2. The number of carbonyl (C=O) groups is 1. The van der Waals surface area contributed by atoms with Crippen molar-refractivity contribution < 1.29 is 34.8 Å². The van der Waals surface area contributed by atoms with Crippen molar-refractivity contribution >= 4 is 34.9 Å². The predicted octanol–water partition coefficient (Wildman–Crippen LogP) is 0.659.